The van der Waals surface area contributed by atoms with E-state index in [1.54, 1.807) is 19.4 Å². The molecule has 5 nitrogen and oxygen atoms in total. The van der Waals surface area contributed by atoms with Crippen LogP contribution in [0.3, 0.4) is 0 Å². The Kier molecular flexibility index (Phi) is 5.24. The summed E-state index contributed by atoms with van der Waals surface area (Å²) < 4.78 is 5.18. The summed E-state index contributed by atoms with van der Waals surface area (Å²) in [6.07, 6.45) is 3.45. The molecule has 3 aromatic rings. The highest BCUT2D eigenvalue weighted by Crippen LogP contribution is 2.29. The van der Waals surface area contributed by atoms with Gasteiger partial charge in [0.1, 0.15) is 11.6 Å². The molecular formula is C23H23N3O2. The molecule has 0 bridgehead atoms. The Morgan fingerprint density at radius 3 is 2.79 bits per heavy atom. The summed E-state index contributed by atoms with van der Waals surface area (Å²) in [6.45, 7) is 1.46. The SMILES string of the molecule is COc1ccc(CCNc2cc(C(=O)N3CCc4ccccc43)ccn2)cc1. The number of carbonyl (C=O) groups is 1. The molecule has 0 atom stereocenters. The number of fused-ring (bicyclic) bond motifs is 1. The number of anilines is 2. The number of nitrogens with zero attached hydrogens (tertiary/aromatic N) is 2. The minimum atomic E-state index is 0.0190. The van der Waals surface area contributed by atoms with E-state index in [4.69, 9.17) is 4.74 Å². The van der Waals surface area contributed by atoms with Crippen molar-refractivity contribution in [2.24, 2.45) is 0 Å². The summed E-state index contributed by atoms with van der Waals surface area (Å²) >= 11 is 0. The largest absolute Gasteiger partial charge is 0.497 e. The zero-order valence-electron chi connectivity index (χ0n) is 15.9. The van der Waals surface area contributed by atoms with Crippen LogP contribution >= 0.6 is 0 Å². The summed E-state index contributed by atoms with van der Waals surface area (Å²) in [5.41, 5.74) is 4.11. The Hall–Kier alpha value is -3.34. The minimum absolute atomic E-state index is 0.0190. The van der Waals surface area contributed by atoms with Crippen LogP contribution in [0.1, 0.15) is 21.5 Å². The molecule has 0 spiro atoms. The number of hydrogen-bond donors (Lipinski definition) is 1. The molecule has 2 heterocycles. The van der Waals surface area contributed by atoms with Crippen molar-refractivity contribution in [2.75, 3.05) is 30.4 Å². The molecule has 1 N–H and O–H groups in total. The van der Waals surface area contributed by atoms with Crippen LogP contribution in [-0.2, 0) is 12.8 Å². The summed E-state index contributed by atoms with van der Waals surface area (Å²) in [5.74, 6) is 1.59. The highest BCUT2D eigenvalue weighted by Gasteiger charge is 2.25. The fourth-order valence-electron chi connectivity index (χ4n) is 3.49. The molecule has 2 aromatic carbocycles. The molecule has 0 saturated heterocycles. The molecule has 5 heteroatoms. The Balaban J connectivity index is 1.39. The molecule has 1 amide bonds. The Labute approximate surface area is 165 Å². The van der Waals surface area contributed by atoms with Gasteiger partial charge in [0.05, 0.1) is 7.11 Å². The van der Waals surface area contributed by atoms with Gasteiger partial charge in [0, 0.05) is 30.5 Å². The maximum atomic E-state index is 13.0. The maximum absolute atomic E-state index is 13.0. The standard InChI is InChI=1S/C23H23N3O2/c1-28-20-8-6-17(7-9-20)10-13-24-22-16-19(11-14-25-22)23(27)26-15-12-18-4-2-3-5-21(18)26/h2-9,11,14,16H,10,12-13,15H2,1H3,(H,24,25). The number of amides is 1. The second-order valence-corrected chi connectivity index (χ2v) is 6.79. The average Bonchev–Trinajstić information content (AvgIpc) is 3.18. The van der Waals surface area contributed by atoms with Crippen LogP contribution in [0.4, 0.5) is 11.5 Å². The van der Waals surface area contributed by atoms with Crippen LogP contribution < -0.4 is 15.0 Å². The van der Waals surface area contributed by atoms with Gasteiger partial charge in [0.2, 0.25) is 0 Å². The van der Waals surface area contributed by atoms with Gasteiger partial charge < -0.3 is 15.0 Å². The van der Waals surface area contributed by atoms with Gasteiger partial charge in [-0.25, -0.2) is 4.98 Å². The van der Waals surface area contributed by atoms with E-state index in [-0.39, 0.29) is 5.91 Å². The highest BCUT2D eigenvalue weighted by molar-refractivity contribution is 6.07. The second-order valence-electron chi connectivity index (χ2n) is 6.79. The summed E-state index contributed by atoms with van der Waals surface area (Å²) in [6, 6.07) is 19.7. The van der Waals surface area contributed by atoms with E-state index in [0.29, 0.717) is 11.4 Å². The maximum Gasteiger partial charge on any atom is 0.258 e. The first kappa shape index (κ1) is 18.0. The number of aromatic nitrogens is 1. The van der Waals surface area contributed by atoms with Crippen molar-refractivity contribution in [1.29, 1.82) is 0 Å². The van der Waals surface area contributed by atoms with Crippen molar-refractivity contribution in [3.8, 4) is 5.75 Å². The molecule has 0 saturated carbocycles. The molecule has 4 rings (SSSR count). The smallest absolute Gasteiger partial charge is 0.258 e. The number of rotatable bonds is 6. The van der Waals surface area contributed by atoms with Crippen LogP contribution in [0.5, 0.6) is 5.75 Å². The summed E-state index contributed by atoms with van der Waals surface area (Å²) in [7, 11) is 1.66. The first-order chi connectivity index (χ1) is 13.7. The van der Waals surface area contributed by atoms with Crippen LogP contribution in [-0.4, -0.2) is 31.1 Å². The highest BCUT2D eigenvalue weighted by atomic mass is 16.5. The zero-order valence-corrected chi connectivity index (χ0v) is 15.9. The molecule has 0 radical (unpaired) electrons. The van der Waals surface area contributed by atoms with Crippen molar-refractivity contribution in [1.82, 2.24) is 4.98 Å². The molecule has 28 heavy (non-hydrogen) atoms. The first-order valence-electron chi connectivity index (χ1n) is 9.47. The number of hydrogen-bond acceptors (Lipinski definition) is 4. The van der Waals surface area contributed by atoms with Crippen LogP contribution in [0, 0.1) is 0 Å². The van der Waals surface area contributed by atoms with Crippen molar-refractivity contribution >= 4 is 17.4 Å². The van der Waals surface area contributed by atoms with Gasteiger partial charge in [-0.2, -0.15) is 0 Å². The molecule has 1 aliphatic rings. The van der Waals surface area contributed by atoms with Gasteiger partial charge in [-0.15, -0.1) is 0 Å². The second kappa shape index (κ2) is 8.13. The number of nitrogens with one attached hydrogen (secondary N) is 1. The number of benzene rings is 2. The molecule has 0 fully saturated rings. The van der Waals surface area contributed by atoms with E-state index in [2.05, 4.69) is 28.5 Å². The predicted octanol–water partition coefficient (Wildman–Crippen LogP) is 3.95. The van der Waals surface area contributed by atoms with Gasteiger partial charge >= 0.3 is 0 Å². The predicted molar refractivity (Wildman–Crippen MR) is 111 cm³/mol. The quantitative estimate of drug-likeness (QED) is 0.711. The van der Waals surface area contributed by atoms with Gasteiger partial charge in [-0.3, -0.25) is 4.79 Å². The first-order valence-corrected chi connectivity index (χ1v) is 9.47. The van der Waals surface area contributed by atoms with Crippen molar-refractivity contribution < 1.29 is 9.53 Å². The topological polar surface area (TPSA) is 54.5 Å². The molecule has 142 valence electrons. The summed E-state index contributed by atoms with van der Waals surface area (Å²) in [5, 5.41) is 3.31. The van der Waals surface area contributed by atoms with Crippen LogP contribution in [0.15, 0.2) is 66.9 Å². The lowest BCUT2D eigenvalue weighted by Gasteiger charge is -2.17. The Morgan fingerprint density at radius 1 is 1.14 bits per heavy atom. The molecule has 0 unspecified atom stereocenters. The van der Waals surface area contributed by atoms with Crippen molar-refractivity contribution in [3.63, 3.8) is 0 Å². The fraction of sp³-hybridized carbons (Fsp3) is 0.217. The third-order valence-electron chi connectivity index (χ3n) is 5.02. The Morgan fingerprint density at radius 2 is 1.96 bits per heavy atom. The number of carbonyl (C=O) groups excluding carboxylic acids is 1. The molecule has 1 aliphatic heterocycles. The third-order valence-corrected chi connectivity index (χ3v) is 5.02. The van der Waals surface area contributed by atoms with Gasteiger partial charge in [0.15, 0.2) is 0 Å². The molecule has 1 aromatic heterocycles. The molecule has 0 aliphatic carbocycles. The number of pyridine rings is 1. The zero-order chi connectivity index (χ0) is 19.3. The number of methoxy groups -OCH3 is 1. The third kappa shape index (κ3) is 3.83. The molecular weight excluding hydrogens is 350 g/mol. The lowest BCUT2D eigenvalue weighted by molar-refractivity contribution is 0.0989. The van der Waals surface area contributed by atoms with E-state index in [1.165, 1.54) is 11.1 Å². The number of para-hydroxylation sites is 1. The van der Waals surface area contributed by atoms with Gasteiger partial charge in [-0.05, 0) is 54.3 Å². The summed E-state index contributed by atoms with van der Waals surface area (Å²) in [4.78, 5) is 19.2. The lowest BCUT2D eigenvalue weighted by atomic mass is 10.1. The average molecular weight is 373 g/mol. The van der Waals surface area contributed by atoms with Crippen LogP contribution in [0.2, 0.25) is 0 Å². The van der Waals surface area contributed by atoms with E-state index < -0.39 is 0 Å². The fourth-order valence-corrected chi connectivity index (χ4v) is 3.49. The van der Waals surface area contributed by atoms with Gasteiger partial charge in [-0.1, -0.05) is 30.3 Å². The van der Waals surface area contributed by atoms with Gasteiger partial charge in [0.25, 0.3) is 5.91 Å². The van der Waals surface area contributed by atoms with E-state index in [0.717, 1.165) is 37.4 Å². The Bertz CT molecular complexity index is 970. The van der Waals surface area contributed by atoms with Crippen molar-refractivity contribution in [3.05, 3.63) is 83.6 Å². The van der Waals surface area contributed by atoms with E-state index in [9.17, 15) is 4.79 Å². The monoisotopic (exact) mass is 373 g/mol. The normalized spacial score (nSPS) is 12.5. The van der Waals surface area contributed by atoms with Crippen LogP contribution in [0.25, 0.3) is 0 Å². The lowest BCUT2D eigenvalue weighted by Crippen LogP contribution is -2.29. The minimum Gasteiger partial charge on any atom is -0.497 e. The number of ether oxygens (including phenoxy) is 1. The van der Waals surface area contributed by atoms with E-state index in [1.807, 2.05) is 41.3 Å². The van der Waals surface area contributed by atoms with E-state index >= 15 is 0 Å². The van der Waals surface area contributed by atoms with Crippen molar-refractivity contribution in [2.45, 2.75) is 12.8 Å².